The molecule has 1 heterocycles. The van der Waals surface area contributed by atoms with Gasteiger partial charge in [-0.05, 0) is 49.1 Å². The van der Waals surface area contributed by atoms with E-state index in [1.54, 1.807) is 0 Å². The Labute approximate surface area is 127 Å². The Morgan fingerprint density at radius 2 is 1.95 bits per heavy atom. The van der Waals surface area contributed by atoms with Crippen LogP contribution in [0.25, 0.3) is 0 Å². The molecule has 0 spiro atoms. The van der Waals surface area contributed by atoms with Crippen LogP contribution in [-0.2, 0) is 5.41 Å². The van der Waals surface area contributed by atoms with Crippen LogP contribution in [0.2, 0.25) is 0 Å². The highest BCUT2D eigenvalue weighted by molar-refractivity contribution is 5.37. The van der Waals surface area contributed by atoms with Gasteiger partial charge in [-0.2, -0.15) is 0 Å². The Bertz CT molecular complexity index is 588. The molecule has 0 amide bonds. The van der Waals surface area contributed by atoms with Crippen molar-refractivity contribution >= 4 is 0 Å². The first kappa shape index (κ1) is 14.3. The molecule has 1 aliphatic rings. The largest absolute Gasteiger partial charge is 0.309 e. The molecule has 1 unspecified atom stereocenters. The summed E-state index contributed by atoms with van der Waals surface area (Å²) < 4.78 is 0. The quantitative estimate of drug-likeness (QED) is 0.889. The minimum Gasteiger partial charge on any atom is -0.309 e. The third kappa shape index (κ3) is 2.49. The Morgan fingerprint density at radius 3 is 2.52 bits per heavy atom. The summed E-state index contributed by atoms with van der Waals surface area (Å²) in [6.07, 6.45) is 7.76. The van der Waals surface area contributed by atoms with E-state index in [4.69, 9.17) is 0 Å². The number of rotatable bonds is 5. The molecular formula is C19H24N2. The van der Waals surface area contributed by atoms with Crippen LogP contribution in [0.1, 0.15) is 48.9 Å². The van der Waals surface area contributed by atoms with Crippen molar-refractivity contribution in [3.8, 4) is 0 Å². The fourth-order valence-corrected chi connectivity index (χ4v) is 3.66. The Balaban J connectivity index is 2.05. The number of aryl methyl sites for hydroxylation is 1. The van der Waals surface area contributed by atoms with Gasteiger partial charge in [0.15, 0.2) is 0 Å². The topological polar surface area (TPSA) is 24.9 Å². The van der Waals surface area contributed by atoms with Gasteiger partial charge in [-0.15, -0.1) is 0 Å². The lowest BCUT2D eigenvalue weighted by molar-refractivity contribution is 0.170. The van der Waals surface area contributed by atoms with Gasteiger partial charge in [0.05, 0.1) is 0 Å². The zero-order valence-corrected chi connectivity index (χ0v) is 13.0. The van der Waals surface area contributed by atoms with E-state index in [9.17, 15) is 0 Å². The molecule has 1 aromatic heterocycles. The number of benzene rings is 1. The number of nitrogens with zero attached hydrogens (tertiary/aromatic N) is 1. The van der Waals surface area contributed by atoms with Crippen molar-refractivity contribution in [1.29, 1.82) is 0 Å². The summed E-state index contributed by atoms with van der Waals surface area (Å²) in [7, 11) is 0. The zero-order chi connectivity index (χ0) is 14.7. The average Bonchev–Trinajstić information content (AvgIpc) is 2.47. The predicted octanol–water partition coefficient (Wildman–Crippen LogP) is 4.16. The van der Waals surface area contributed by atoms with Crippen LogP contribution in [0.15, 0.2) is 48.8 Å². The molecule has 21 heavy (non-hydrogen) atoms. The Hall–Kier alpha value is -1.67. The van der Waals surface area contributed by atoms with Gasteiger partial charge >= 0.3 is 0 Å². The molecule has 2 heteroatoms. The van der Waals surface area contributed by atoms with Crippen LogP contribution >= 0.6 is 0 Å². The highest BCUT2D eigenvalue weighted by atomic mass is 14.9. The Kier molecular flexibility index (Phi) is 4.07. The second-order valence-corrected chi connectivity index (χ2v) is 6.10. The first-order chi connectivity index (χ1) is 10.3. The van der Waals surface area contributed by atoms with Crippen LogP contribution in [0.5, 0.6) is 0 Å². The first-order valence-electron chi connectivity index (χ1n) is 7.97. The molecule has 1 atom stereocenters. The number of hydrogen-bond acceptors (Lipinski definition) is 2. The standard InChI is InChI=1S/C19H24N2/c1-3-21-18(17-14-20-13-10-15(17)2)19(11-7-12-19)16-8-5-4-6-9-16/h4-6,8-10,13-14,18,21H,3,7,11-12H2,1-2H3. The fourth-order valence-electron chi connectivity index (χ4n) is 3.66. The van der Waals surface area contributed by atoms with E-state index >= 15 is 0 Å². The van der Waals surface area contributed by atoms with Crippen molar-refractivity contribution < 1.29 is 0 Å². The molecule has 1 aromatic carbocycles. The van der Waals surface area contributed by atoms with Crippen molar-refractivity contribution in [2.24, 2.45) is 0 Å². The van der Waals surface area contributed by atoms with Crippen LogP contribution in [0, 0.1) is 6.92 Å². The minimum absolute atomic E-state index is 0.227. The van der Waals surface area contributed by atoms with Crippen molar-refractivity contribution in [3.05, 3.63) is 65.5 Å². The number of likely N-dealkylation sites (N-methyl/N-ethyl adjacent to an activating group) is 1. The lowest BCUT2D eigenvalue weighted by atomic mass is 9.58. The number of hydrogen-bond donors (Lipinski definition) is 1. The van der Waals surface area contributed by atoms with E-state index in [2.05, 4.69) is 60.5 Å². The first-order valence-corrected chi connectivity index (χ1v) is 7.97. The van der Waals surface area contributed by atoms with Crippen LogP contribution in [-0.4, -0.2) is 11.5 Å². The zero-order valence-electron chi connectivity index (χ0n) is 13.0. The summed E-state index contributed by atoms with van der Waals surface area (Å²) >= 11 is 0. The van der Waals surface area contributed by atoms with Crippen molar-refractivity contribution in [2.45, 2.75) is 44.6 Å². The number of nitrogens with one attached hydrogen (secondary N) is 1. The van der Waals surface area contributed by atoms with Crippen LogP contribution in [0.3, 0.4) is 0 Å². The highest BCUT2D eigenvalue weighted by Crippen LogP contribution is 2.52. The predicted molar refractivity (Wildman–Crippen MR) is 87.4 cm³/mol. The van der Waals surface area contributed by atoms with E-state index in [1.807, 2.05) is 12.4 Å². The third-order valence-corrected chi connectivity index (χ3v) is 4.95. The highest BCUT2D eigenvalue weighted by Gasteiger charge is 2.46. The van der Waals surface area contributed by atoms with Gasteiger partial charge in [-0.25, -0.2) is 0 Å². The maximum absolute atomic E-state index is 4.37. The maximum Gasteiger partial charge on any atom is 0.0436 e. The molecule has 1 N–H and O–H groups in total. The Morgan fingerprint density at radius 1 is 1.19 bits per heavy atom. The smallest absolute Gasteiger partial charge is 0.0436 e. The van der Waals surface area contributed by atoms with Crippen molar-refractivity contribution in [2.75, 3.05) is 6.54 Å². The van der Waals surface area contributed by atoms with Crippen molar-refractivity contribution in [3.63, 3.8) is 0 Å². The SMILES string of the molecule is CCNC(c1cnccc1C)C1(c2ccccc2)CCC1. The molecule has 3 rings (SSSR count). The summed E-state index contributed by atoms with van der Waals surface area (Å²) in [4.78, 5) is 4.37. The van der Waals surface area contributed by atoms with Crippen molar-refractivity contribution in [1.82, 2.24) is 10.3 Å². The molecule has 1 aliphatic carbocycles. The second kappa shape index (κ2) is 5.98. The maximum atomic E-state index is 4.37. The fraction of sp³-hybridized carbons (Fsp3) is 0.421. The second-order valence-electron chi connectivity index (χ2n) is 6.10. The molecule has 0 bridgehead atoms. The molecule has 2 nitrogen and oxygen atoms in total. The summed E-state index contributed by atoms with van der Waals surface area (Å²) in [5, 5.41) is 3.74. The third-order valence-electron chi connectivity index (χ3n) is 4.95. The van der Waals surface area contributed by atoms with Crippen LogP contribution < -0.4 is 5.32 Å². The van der Waals surface area contributed by atoms with E-state index < -0.39 is 0 Å². The molecule has 0 aliphatic heterocycles. The van der Waals surface area contributed by atoms with Gasteiger partial charge in [0.1, 0.15) is 0 Å². The normalized spacial score (nSPS) is 18.0. The lowest BCUT2D eigenvalue weighted by Gasteiger charge is -2.49. The summed E-state index contributed by atoms with van der Waals surface area (Å²) in [6.45, 7) is 5.36. The molecule has 0 radical (unpaired) electrons. The van der Waals surface area contributed by atoms with Gasteiger partial charge in [0.2, 0.25) is 0 Å². The molecule has 1 saturated carbocycles. The van der Waals surface area contributed by atoms with Crippen LogP contribution in [0.4, 0.5) is 0 Å². The van der Waals surface area contributed by atoms with E-state index in [0.717, 1.165) is 6.54 Å². The van der Waals surface area contributed by atoms with Gasteiger partial charge in [0, 0.05) is 23.9 Å². The molecule has 2 aromatic rings. The lowest BCUT2D eigenvalue weighted by Crippen LogP contribution is -2.47. The average molecular weight is 280 g/mol. The molecular weight excluding hydrogens is 256 g/mol. The van der Waals surface area contributed by atoms with Gasteiger partial charge < -0.3 is 5.32 Å². The number of pyridine rings is 1. The molecule has 1 fully saturated rings. The minimum atomic E-state index is 0.227. The van der Waals surface area contributed by atoms with Gasteiger partial charge in [-0.1, -0.05) is 43.7 Å². The summed E-state index contributed by atoms with van der Waals surface area (Å²) in [5.41, 5.74) is 4.37. The van der Waals surface area contributed by atoms with Gasteiger partial charge in [0.25, 0.3) is 0 Å². The molecule has 110 valence electrons. The monoisotopic (exact) mass is 280 g/mol. The summed E-state index contributed by atoms with van der Waals surface area (Å²) in [6, 6.07) is 13.5. The van der Waals surface area contributed by atoms with E-state index in [-0.39, 0.29) is 5.41 Å². The van der Waals surface area contributed by atoms with E-state index in [1.165, 1.54) is 36.0 Å². The summed E-state index contributed by atoms with van der Waals surface area (Å²) in [5.74, 6) is 0. The number of aromatic nitrogens is 1. The van der Waals surface area contributed by atoms with E-state index in [0.29, 0.717) is 6.04 Å². The molecule has 0 saturated heterocycles. The van der Waals surface area contributed by atoms with Gasteiger partial charge in [-0.3, -0.25) is 4.98 Å².